The number of hydrogen-bond donors (Lipinski definition) is 10. The highest BCUT2D eigenvalue weighted by Gasteiger charge is 2.83. The zero-order valence-electron chi connectivity index (χ0n) is 49.5. The number of rotatable bonds is 12. The number of aliphatic hydroxyl groups is 8. The molecule has 0 radical (unpaired) electrons. The van der Waals surface area contributed by atoms with Crippen molar-refractivity contribution < 1.29 is 65.0 Å². The maximum absolute atomic E-state index is 16.8. The molecule has 2 saturated heterocycles. The molecule has 15 nitrogen and oxygen atoms in total. The summed E-state index contributed by atoms with van der Waals surface area (Å²) < 4.78 is 12.1. The molecule has 8 fully saturated rings. The van der Waals surface area contributed by atoms with Crippen molar-refractivity contribution in [3.8, 4) is 5.75 Å². The van der Waals surface area contributed by atoms with Crippen molar-refractivity contribution in [2.45, 2.75) is 195 Å². The van der Waals surface area contributed by atoms with Gasteiger partial charge in [-0.05, 0) is 172 Å². The Hall–Kier alpha value is -2.36. The average Bonchev–Trinajstić information content (AvgIpc) is 1.63. The number of nitrogens with zero attached hydrogens (tertiary/aromatic N) is 1. The Labute approximate surface area is 498 Å². The first kappa shape index (κ1) is 59.6. The number of methoxy groups -OCH3 is 1. The highest BCUT2D eigenvalue weighted by atomic mass is 33.1. The minimum atomic E-state index is -2.04. The third kappa shape index (κ3) is 7.89. The van der Waals surface area contributed by atoms with E-state index in [0.717, 1.165) is 54.9 Å². The van der Waals surface area contributed by atoms with Gasteiger partial charge in [0.25, 0.3) is 0 Å². The number of allylic oxidation sites excluding steroid dienone is 3. The summed E-state index contributed by atoms with van der Waals surface area (Å²) in [5.41, 5.74) is -12.7. The third-order valence-corrected chi connectivity index (χ3v) is 29.1. The Balaban J connectivity index is 0.974. The minimum absolute atomic E-state index is 0.0380. The van der Waals surface area contributed by atoms with Gasteiger partial charge in [-0.3, -0.25) is 9.59 Å². The molecule has 1 amide bonds. The first-order valence-corrected chi connectivity index (χ1v) is 34.3. The van der Waals surface area contributed by atoms with Gasteiger partial charge in [-0.25, -0.2) is 0 Å². The van der Waals surface area contributed by atoms with Gasteiger partial charge in [0, 0.05) is 72.0 Å². The second-order valence-corrected chi connectivity index (χ2v) is 32.2. The zero-order valence-corrected chi connectivity index (χ0v) is 51.1. The number of ether oxygens (including phenoxy) is 2. The van der Waals surface area contributed by atoms with Gasteiger partial charge in [-0.2, -0.15) is 0 Å². The molecule has 0 unspecified atom stereocenters. The van der Waals surface area contributed by atoms with E-state index in [0.29, 0.717) is 81.5 Å². The predicted molar refractivity (Wildman–Crippen MR) is 318 cm³/mol. The molecule has 1 aromatic rings. The number of amides is 1. The number of benzene rings is 1. The highest BCUT2D eigenvalue weighted by Crippen LogP contribution is 2.79. The number of phenols is 1. The largest absolute Gasteiger partial charge is 0.508 e. The quantitative estimate of drug-likeness (QED) is 0.0441. The maximum Gasteiger partial charge on any atom is 0.235 e. The lowest BCUT2D eigenvalue weighted by Gasteiger charge is -2.68. The lowest BCUT2D eigenvalue weighted by Crippen LogP contribution is -2.72. The molecule has 83 heavy (non-hydrogen) atoms. The summed E-state index contributed by atoms with van der Waals surface area (Å²) in [5.74, 6) is -2.45. The number of ketones is 1. The molecule has 15 rings (SSSR count). The Kier molecular flexibility index (Phi) is 14.8. The summed E-state index contributed by atoms with van der Waals surface area (Å²) in [5, 5.41) is 118. The molecule has 1 aromatic carbocycles. The van der Waals surface area contributed by atoms with Gasteiger partial charge < -0.3 is 65.6 Å². The van der Waals surface area contributed by atoms with Gasteiger partial charge in [-0.15, -0.1) is 0 Å². The monoisotopic (exact) mass is 1190 g/mol. The Morgan fingerprint density at radius 3 is 2.42 bits per heavy atom. The third-order valence-electron chi connectivity index (χ3n) is 26.5. The summed E-state index contributed by atoms with van der Waals surface area (Å²) in [6.07, 6.45) is 16.7. The van der Waals surface area contributed by atoms with Crippen molar-refractivity contribution in [2.24, 2.45) is 79.8 Å². The highest BCUT2D eigenvalue weighted by molar-refractivity contribution is 8.76. The molecule has 9 aliphatic carbocycles. The molecule has 0 aromatic heterocycles. The fourth-order valence-corrected chi connectivity index (χ4v) is 25.2. The molecule has 8 bridgehead atoms. The van der Waals surface area contributed by atoms with Crippen LogP contribution in [0.15, 0.2) is 54.2 Å². The lowest BCUT2D eigenvalue weighted by atomic mass is 9.38. The van der Waals surface area contributed by atoms with E-state index in [4.69, 9.17) is 9.47 Å². The van der Waals surface area contributed by atoms with Crippen LogP contribution in [0.25, 0.3) is 0 Å². The number of aromatic hydroxyl groups is 1. The Morgan fingerprint density at radius 1 is 0.916 bits per heavy atom. The Bertz CT molecular complexity index is 2830. The van der Waals surface area contributed by atoms with E-state index in [-0.39, 0.29) is 85.8 Å². The smallest absolute Gasteiger partial charge is 0.235 e. The van der Waals surface area contributed by atoms with Crippen LogP contribution in [0, 0.1) is 79.8 Å². The van der Waals surface area contributed by atoms with Crippen molar-refractivity contribution in [2.75, 3.05) is 50.7 Å². The lowest BCUT2D eigenvalue weighted by molar-refractivity contribution is -0.235. The SMILES string of the molecule is COCCCC1(NC[C@H]2C[C@H]3C=C[C@@]4(CO)CCC[C@@H]5CSS[C@@H](O)[C@@]67C[C@@H](O)[C@](O)(CO)C[C@]6(C)[C@H]6C[C@H]8C=CC[C@](O)([C@@H]9O[C@H]9[C@H](C)C(C)C)[C@H]9CC[C@@](O)(C6=CC7=O)[C@]89CCc6cc(O)cc(c6)N6C[C@]3([C@H]2O)[C@@]54C6=O)CCCC1. The van der Waals surface area contributed by atoms with Crippen LogP contribution < -0.4 is 10.2 Å². The van der Waals surface area contributed by atoms with Crippen LogP contribution in [0.2, 0.25) is 0 Å². The molecule has 14 aliphatic rings. The number of anilines is 1. The molecule has 17 heteroatoms. The van der Waals surface area contributed by atoms with Crippen molar-refractivity contribution >= 4 is 39.0 Å². The van der Waals surface area contributed by atoms with E-state index in [1.165, 1.54) is 10.8 Å². The Morgan fingerprint density at radius 2 is 1.69 bits per heavy atom. The molecule has 6 saturated carbocycles. The number of aliphatic hydroxyl groups excluding tert-OH is 5. The van der Waals surface area contributed by atoms with Gasteiger partial charge >= 0.3 is 0 Å². The first-order valence-electron chi connectivity index (χ1n) is 31.9. The summed E-state index contributed by atoms with van der Waals surface area (Å²) in [6, 6.07) is 5.36. The number of hydrogen-bond acceptors (Lipinski definition) is 16. The predicted octanol–water partition coefficient (Wildman–Crippen LogP) is 6.93. The van der Waals surface area contributed by atoms with Crippen molar-refractivity contribution in [3.63, 3.8) is 0 Å². The van der Waals surface area contributed by atoms with Gasteiger partial charge in [0.1, 0.15) is 28.5 Å². The number of carbonyl (C=O) groups is 2. The van der Waals surface area contributed by atoms with Gasteiger partial charge in [0.2, 0.25) is 5.91 Å². The summed E-state index contributed by atoms with van der Waals surface area (Å²) in [6.45, 7) is 8.63. The second kappa shape index (κ2) is 20.6. The molecule has 10 N–H and O–H groups in total. The average molecular weight is 1190 g/mol. The van der Waals surface area contributed by atoms with E-state index in [1.54, 1.807) is 25.3 Å². The first-order chi connectivity index (χ1) is 39.5. The number of aryl methyl sites for hydroxylation is 1. The van der Waals surface area contributed by atoms with Crippen molar-refractivity contribution in [1.29, 1.82) is 0 Å². The topological polar surface area (TPSA) is 253 Å². The van der Waals surface area contributed by atoms with E-state index in [1.807, 2.05) is 24.0 Å². The van der Waals surface area contributed by atoms with Crippen LogP contribution in [-0.4, -0.2) is 156 Å². The molecular formula is C66H94N2O13S2. The van der Waals surface area contributed by atoms with E-state index in [2.05, 4.69) is 44.3 Å². The molecule has 458 valence electrons. The van der Waals surface area contributed by atoms with E-state index in [9.17, 15) is 46.0 Å². The molecule has 5 aliphatic heterocycles. The van der Waals surface area contributed by atoms with Crippen LogP contribution >= 0.6 is 21.6 Å². The fraction of sp³-hybridized carbons (Fsp3) is 0.788. The van der Waals surface area contributed by atoms with Crippen LogP contribution in [-0.2, 0) is 25.5 Å². The number of phenolic OH excluding ortho intramolecular Hbond substituents is 1. The van der Waals surface area contributed by atoms with E-state index < -0.39 is 109 Å². The number of fused-ring (bicyclic) bond motifs is 1. The molecule has 5 heterocycles. The van der Waals surface area contributed by atoms with Crippen LogP contribution in [0.3, 0.4) is 0 Å². The van der Waals surface area contributed by atoms with Crippen molar-refractivity contribution in [1.82, 2.24) is 5.32 Å². The minimum Gasteiger partial charge on any atom is -0.508 e. The van der Waals surface area contributed by atoms with Crippen LogP contribution in [0.4, 0.5) is 5.69 Å². The number of nitrogens with one attached hydrogen (secondary N) is 1. The van der Waals surface area contributed by atoms with Gasteiger partial charge in [0.05, 0.1) is 48.0 Å². The number of carbonyl (C=O) groups excluding carboxylic acids is 2. The summed E-state index contributed by atoms with van der Waals surface area (Å²) in [7, 11) is 4.22. The van der Waals surface area contributed by atoms with Crippen LogP contribution in [0.1, 0.15) is 142 Å². The molecule has 21 atom stereocenters. The normalized spacial score (nSPS) is 48.7. The summed E-state index contributed by atoms with van der Waals surface area (Å²) in [4.78, 5) is 34.6. The van der Waals surface area contributed by atoms with Gasteiger partial charge in [-0.1, -0.05) is 92.8 Å². The maximum atomic E-state index is 16.8. The van der Waals surface area contributed by atoms with E-state index >= 15 is 9.59 Å². The van der Waals surface area contributed by atoms with Crippen LogP contribution in [0.5, 0.6) is 5.75 Å². The molecular weight excluding hydrogens is 1090 g/mol. The molecule has 4 spiro atoms. The standard InChI is InChI=1S/C66H94N2O13S2/c1-38(2)39(3)52-54(81-52)64(78)20-9-11-42-28-47-48-30-50(72)62(31-51(73)60(77,37-70)34-57(47,62)4)56(76)83-82-33-44-12-8-16-58(36-69)21-14-43-27-41(32-67-59(17-6-7-18-59)19-10-24-80-5)53(74)63(43)35-68(55(75)66(44,58)63)45-25-40(26-46(71)29-45)13-22-61(42)49(64)15-23-65(48,61)79/h9,11,14,21,25-26,29-30,38-39,41-44,47,49,51-54,56,67,69-71,73-74,76-79H,6-8,10,12-13,15-20,22-24,27-28,31-37H2,1-5H3/t39-,41-,42-,43-,44-,47+,49+,51-,52+,53+,54-,56-,57-,58-,60-,61-,62+,63+,64-,65-,66-/m1/s1. The zero-order chi connectivity index (χ0) is 58.7. The van der Waals surface area contributed by atoms with Gasteiger partial charge in [0.15, 0.2) is 5.78 Å². The second-order valence-electron chi connectivity index (χ2n) is 29.8. The summed E-state index contributed by atoms with van der Waals surface area (Å²) >= 11 is 0. The fourth-order valence-electron chi connectivity index (χ4n) is 22.2. The number of epoxide rings is 1. The van der Waals surface area contributed by atoms with Crippen molar-refractivity contribution in [3.05, 3.63) is 59.7 Å².